The van der Waals surface area contributed by atoms with Gasteiger partial charge in [-0.3, -0.25) is 18.9 Å². The van der Waals surface area contributed by atoms with Crippen molar-refractivity contribution in [2.45, 2.75) is 50.4 Å². The van der Waals surface area contributed by atoms with Crippen molar-refractivity contribution in [2.75, 3.05) is 0 Å². The Balaban J connectivity index is 2.62. The van der Waals surface area contributed by atoms with Crippen LogP contribution < -0.4 is 0 Å². The molecule has 0 amide bonds. The van der Waals surface area contributed by atoms with Crippen molar-refractivity contribution in [1.29, 1.82) is 0 Å². The maximum atomic E-state index is 11.6. The van der Waals surface area contributed by atoms with Gasteiger partial charge in [0.05, 0.1) is 0 Å². The van der Waals surface area contributed by atoms with Gasteiger partial charge in [-0.15, -0.1) is 0 Å². The van der Waals surface area contributed by atoms with Crippen molar-refractivity contribution in [2.24, 2.45) is 0 Å². The fourth-order valence-corrected chi connectivity index (χ4v) is 2.60. The molecule has 0 saturated heterocycles. The standard InChI is InChI=1S/C11H16O7S/c1-2-3-4-5-9(13)18-11-7(12)6-8(10(11)14)19(15,16)17/h8,11H,2-6H2,1H3,(H,15,16,17). The van der Waals surface area contributed by atoms with Crippen molar-refractivity contribution in [3.05, 3.63) is 0 Å². The van der Waals surface area contributed by atoms with Crippen LogP contribution >= 0.6 is 0 Å². The Morgan fingerprint density at radius 1 is 1.37 bits per heavy atom. The molecule has 0 aliphatic heterocycles. The maximum absolute atomic E-state index is 11.6. The molecule has 0 heterocycles. The molecular formula is C11H16O7S. The lowest BCUT2D eigenvalue weighted by Crippen LogP contribution is -2.33. The van der Waals surface area contributed by atoms with E-state index in [4.69, 9.17) is 9.29 Å². The third kappa shape index (κ3) is 4.10. The molecular weight excluding hydrogens is 276 g/mol. The number of hydrogen-bond donors (Lipinski definition) is 1. The lowest BCUT2D eigenvalue weighted by molar-refractivity contribution is -0.157. The second-order valence-corrected chi connectivity index (χ2v) is 6.00. The summed E-state index contributed by atoms with van der Waals surface area (Å²) in [4.78, 5) is 34.4. The smallest absolute Gasteiger partial charge is 0.306 e. The van der Waals surface area contributed by atoms with E-state index in [-0.39, 0.29) is 6.42 Å². The van der Waals surface area contributed by atoms with Gasteiger partial charge in [-0.25, -0.2) is 0 Å². The fraction of sp³-hybridized carbons (Fsp3) is 0.727. The molecule has 1 fully saturated rings. The maximum Gasteiger partial charge on any atom is 0.306 e. The molecule has 108 valence electrons. The summed E-state index contributed by atoms with van der Waals surface area (Å²) < 4.78 is 35.2. The molecule has 1 saturated carbocycles. The average molecular weight is 292 g/mol. The molecule has 0 radical (unpaired) electrons. The molecule has 0 aromatic rings. The molecule has 1 aliphatic carbocycles. The predicted octanol–water partition coefficient (Wildman–Crippen LogP) is 0.277. The van der Waals surface area contributed by atoms with E-state index in [0.717, 1.165) is 12.8 Å². The summed E-state index contributed by atoms with van der Waals surface area (Å²) in [5, 5.41) is -1.81. The first-order chi connectivity index (χ1) is 8.77. The Hall–Kier alpha value is -1.28. The third-order valence-electron chi connectivity index (χ3n) is 2.85. The monoisotopic (exact) mass is 292 g/mol. The zero-order valence-electron chi connectivity index (χ0n) is 10.5. The number of hydrogen-bond acceptors (Lipinski definition) is 6. The van der Waals surface area contributed by atoms with E-state index >= 15 is 0 Å². The number of rotatable bonds is 6. The van der Waals surface area contributed by atoms with Gasteiger partial charge in [0.15, 0.2) is 11.0 Å². The first-order valence-corrected chi connectivity index (χ1v) is 7.50. The summed E-state index contributed by atoms with van der Waals surface area (Å²) in [6, 6.07) is 0. The lowest BCUT2D eigenvalue weighted by Gasteiger charge is -2.09. The lowest BCUT2D eigenvalue weighted by atomic mass is 10.2. The van der Waals surface area contributed by atoms with E-state index in [9.17, 15) is 22.8 Å². The zero-order chi connectivity index (χ0) is 14.6. The number of Topliss-reactive ketones (excluding diaryl/α,β-unsaturated/α-hetero) is 2. The van der Waals surface area contributed by atoms with Crippen molar-refractivity contribution >= 4 is 27.7 Å². The van der Waals surface area contributed by atoms with E-state index in [0.29, 0.717) is 6.42 Å². The van der Waals surface area contributed by atoms with Crippen molar-refractivity contribution in [1.82, 2.24) is 0 Å². The van der Waals surface area contributed by atoms with Crippen LogP contribution in [0, 0.1) is 0 Å². The minimum atomic E-state index is -4.64. The summed E-state index contributed by atoms with van der Waals surface area (Å²) in [6.45, 7) is 1.95. The van der Waals surface area contributed by atoms with E-state index in [1.165, 1.54) is 0 Å². The van der Waals surface area contributed by atoms with Gasteiger partial charge in [0, 0.05) is 12.8 Å². The van der Waals surface area contributed by atoms with Crippen molar-refractivity contribution in [3.63, 3.8) is 0 Å². The molecule has 2 unspecified atom stereocenters. The first kappa shape index (κ1) is 15.8. The van der Waals surface area contributed by atoms with Crippen LogP contribution in [-0.4, -0.2) is 41.9 Å². The minimum absolute atomic E-state index is 0.0709. The van der Waals surface area contributed by atoms with E-state index < -0.39 is 45.4 Å². The van der Waals surface area contributed by atoms with E-state index in [2.05, 4.69) is 0 Å². The predicted molar refractivity (Wildman–Crippen MR) is 64.0 cm³/mol. The van der Waals surface area contributed by atoms with Gasteiger partial charge >= 0.3 is 5.97 Å². The molecule has 8 heteroatoms. The normalized spacial score (nSPS) is 23.7. The van der Waals surface area contributed by atoms with E-state index in [1.807, 2.05) is 6.92 Å². The third-order valence-corrected chi connectivity index (χ3v) is 3.97. The Labute approximate surface area is 111 Å². The average Bonchev–Trinajstić information content (AvgIpc) is 2.57. The Morgan fingerprint density at radius 2 is 2.00 bits per heavy atom. The van der Waals surface area contributed by atoms with Crippen LogP contribution in [0.4, 0.5) is 0 Å². The van der Waals surface area contributed by atoms with Crippen LogP contribution in [0.25, 0.3) is 0 Å². The van der Waals surface area contributed by atoms with Crippen LogP contribution in [0.1, 0.15) is 39.0 Å². The highest BCUT2D eigenvalue weighted by Crippen LogP contribution is 2.21. The summed E-state index contributed by atoms with van der Waals surface area (Å²) in [6.07, 6.45) is 0.0217. The van der Waals surface area contributed by atoms with Gasteiger partial charge in [-0.05, 0) is 6.42 Å². The molecule has 0 aromatic carbocycles. The van der Waals surface area contributed by atoms with Crippen LogP contribution in [0.5, 0.6) is 0 Å². The topological polar surface area (TPSA) is 115 Å². The summed E-state index contributed by atoms with van der Waals surface area (Å²) in [5.41, 5.74) is 0. The molecule has 1 aliphatic rings. The first-order valence-electron chi connectivity index (χ1n) is 5.99. The van der Waals surface area contributed by atoms with E-state index in [1.54, 1.807) is 0 Å². The molecule has 0 aromatic heterocycles. The number of ether oxygens (including phenoxy) is 1. The Bertz CT molecular complexity index is 479. The largest absolute Gasteiger partial charge is 0.446 e. The Morgan fingerprint density at radius 3 is 2.47 bits per heavy atom. The molecule has 19 heavy (non-hydrogen) atoms. The SMILES string of the molecule is CCCCCC(=O)OC1C(=O)CC(S(=O)(=O)O)C1=O. The van der Waals surface area contributed by atoms with Gasteiger partial charge in [0.25, 0.3) is 10.1 Å². The van der Waals surface area contributed by atoms with Crippen LogP contribution in [0.15, 0.2) is 0 Å². The van der Waals surface area contributed by atoms with Crippen LogP contribution in [0.2, 0.25) is 0 Å². The molecule has 7 nitrogen and oxygen atoms in total. The molecule has 2 atom stereocenters. The van der Waals surface area contributed by atoms with Gasteiger partial charge < -0.3 is 4.74 Å². The second kappa shape index (κ2) is 6.25. The number of unbranched alkanes of at least 4 members (excludes halogenated alkanes) is 2. The molecule has 0 bridgehead atoms. The summed E-state index contributed by atoms with van der Waals surface area (Å²) >= 11 is 0. The van der Waals surface area contributed by atoms with Crippen LogP contribution in [0.3, 0.4) is 0 Å². The number of carbonyl (C=O) groups excluding carboxylic acids is 3. The molecule has 1 rings (SSSR count). The Kier molecular flexibility index (Phi) is 5.19. The quantitative estimate of drug-likeness (QED) is 0.323. The van der Waals surface area contributed by atoms with Crippen molar-refractivity contribution < 1.29 is 32.1 Å². The van der Waals surface area contributed by atoms with Gasteiger partial charge in [0.2, 0.25) is 11.9 Å². The molecule has 0 spiro atoms. The second-order valence-electron chi connectivity index (χ2n) is 4.40. The highest BCUT2D eigenvalue weighted by Gasteiger charge is 2.49. The summed E-state index contributed by atoms with van der Waals surface area (Å²) in [7, 11) is -4.64. The van der Waals surface area contributed by atoms with Gasteiger partial charge in [-0.1, -0.05) is 19.8 Å². The number of carbonyl (C=O) groups is 3. The van der Waals surface area contributed by atoms with Crippen molar-refractivity contribution in [3.8, 4) is 0 Å². The zero-order valence-corrected chi connectivity index (χ0v) is 11.3. The fourth-order valence-electron chi connectivity index (χ4n) is 1.80. The highest BCUT2D eigenvalue weighted by atomic mass is 32.2. The van der Waals surface area contributed by atoms with Gasteiger partial charge in [0.1, 0.15) is 0 Å². The van der Waals surface area contributed by atoms with Crippen LogP contribution in [-0.2, 0) is 29.2 Å². The highest BCUT2D eigenvalue weighted by molar-refractivity contribution is 7.87. The minimum Gasteiger partial charge on any atom is -0.446 e. The molecule has 1 N–H and O–H groups in total. The number of esters is 1. The van der Waals surface area contributed by atoms with Gasteiger partial charge in [-0.2, -0.15) is 8.42 Å². The number of ketones is 2. The summed E-state index contributed by atoms with van der Waals surface area (Å²) in [5.74, 6) is -2.58.